The molecule has 0 atom stereocenters. The van der Waals surface area contributed by atoms with Crippen LogP contribution in [0.3, 0.4) is 0 Å². The molecule has 2 aromatic rings. The number of carbonyl (C=O) groups is 2. The first-order chi connectivity index (χ1) is 8.43. The van der Waals surface area contributed by atoms with E-state index in [2.05, 4.69) is 0 Å². The van der Waals surface area contributed by atoms with Gasteiger partial charge in [-0.2, -0.15) is 0 Å². The molecule has 92 valence electrons. The number of fused-ring (bicyclic) bond motifs is 1. The van der Waals surface area contributed by atoms with E-state index in [0.29, 0.717) is 5.39 Å². The van der Waals surface area contributed by atoms with Crippen molar-refractivity contribution in [3.8, 4) is 11.5 Å². The van der Waals surface area contributed by atoms with Gasteiger partial charge in [-0.1, -0.05) is 12.1 Å². The summed E-state index contributed by atoms with van der Waals surface area (Å²) in [6, 6.07) is 5.08. The summed E-state index contributed by atoms with van der Waals surface area (Å²) >= 11 is 0. The third-order valence-corrected chi connectivity index (χ3v) is 2.57. The summed E-state index contributed by atoms with van der Waals surface area (Å²) in [6.07, 6.45) is 0. The number of hydrogen-bond acceptors (Lipinski definition) is 4. The molecular formula is C12H8O6. The van der Waals surface area contributed by atoms with Crippen LogP contribution >= 0.6 is 0 Å². The Morgan fingerprint density at radius 1 is 0.778 bits per heavy atom. The summed E-state index contributed by atoms with van der Waals surface area (Å²) in [5, 5.41) is 37.2. The van der Waals surface area contributed by atoms with Gasteiger partial charge in [0.2, 0.25) is 0 Å². The fourth-order valence-electron chi connectivity index (χ4n) is 1.83. The minimum absolute atomic E-state index is 0.199. The van der Waals surface area contributed by atoms with Crippen molar-refractivity contribution in [3.05, 3.63) is 35.4 Å². The van der Waals surface area contributed by atoms with Gasteiger partial charge in [-0.15, -0.1) is 0 Å². The molecule has 6 nitrogen and oxygen atoms in total. The van der Waals surface area contributed by atoms with Crippen LogP contribution in [0.1, 0.15) is 20.7 Å². The van der Waals surface area contributed by atoms with E-state index in [0.717, 1.165) is 12.1 Å². The number of benzene rings is 2. The molecule has 0 spiro atoms. The standard InChI is InChI=1S/C12H8O6/c13-6-3-1-5-2-4-7(14)10(12(17)18)8(5)9(6)11(15)16/h1-4,13-14H,(H,15,16)(H,17,18). The van der Waals surface area contributed by atoms with Gasteiger partial charge in [0.1, 0.15) is 22.6 Å². The topological polar surface area (TPSA) is 115 Å². The molecule has 0 saturated carbocycles. The molecule has 18 heavy (non-hydrogen) atoms. The van der Waals surface area contributed by atoms with Crippen molar-refractivity contribution in [1.29, 1.82) is 0 Å². The Labute approximate surface area is 100 Å². The Morgan fingerprint density at radius 2 is 1.17 bits per heavy atom. The molecule has 0 bridgehead atoms. The highest BCUT2D eigenvalue weighted by atomic mass is 16.4. The van der Waals surface area contributed by atoms with Crippen molar-refractivity contribution in [2.24, 2.45) is 0 Å². The molecule has 0 aliphatic carbocycles. The maximum Gasteiger partial charge on any atom is 0.340 e. The number of rotatable bonds is 2. The van der Waals surface area contributed by atoms with Crippen molar-refractivity contribution in [2.75, 3.05) is 0 Å². The third kappa shape index (κ3) is 1.60. The highest BCUT2D eigenvalue weighted by Crippen LogP contribution is 2.34. The number of aromatic carboxylic acids is 2. The van der Waals surface area contributed by atoms with Crippen LogP contribution in [0.2, 0.25) is 0 Å². The highest BCUT2D eigenvalue weighted by molar-refractivity contribution is 6.15. The molecule has 0 aromatic heterocycles. The molecule has 2 rings (SSSR count). The van der Waals surface area contributed by atoms with Crippen LogP contribution in [0, 0.1) is 0 Å². The zero-order chi connectivity index (χ0) is 13.4. The average molecular weight is 248 g/mol. The summed E-state index contributed by atoms with van der Waals surface area (Å²) in [4.78, 5) is 22.2. The van der Waals surface area contributed by atoms with E-state index in [1.54, 1.807) is 0 Å². The van der Waals surface area contributed by atoms with E-state index < -0.39 is 34.6 Å². The number of hydrogen-bond donors (Lipinski definition) is 4. The van der Waals surface area contributed by atoms with Gasteiger partial charge in [0, 0.05) is 5.39 Å². The SMILES string of the molecule is O=C(O)c1c(O)ccc2ccc(O)c(C(=O)O)c12. The van der Waals surface area contributed by atoms with E-state index in [9.17, 15) is 19.8 Å². The van der Waals surface area contributed by atoms with Gasteiger partial charge in [-0.05, 0) is 17.5 Å². The molecule has 0 aliphatic heterocycles. The Kier molecular flexibility index (Phi) is 2.55. The molecule has 0 fully saturated rings. The number of carboxylic acids is 2. The van der Waals surface area contributed by atoms with Gasteiger partial charge in [-0.25, -0.2) is 9.59 Å². The normalized spacial score (nSPS) is 10.4. The van der Waals surface area contributed by atoms with Crippen LogP contribution < -0.4 is 0 Å². The largest absolute Gasteiger partial charge is 0.507 e. The smallest absolute Gasteiger partial charge is 0.340 e. The fraction of sp³-hybridized carbons (Fsp3) is 0. The van der Waals surface area contributed by atoms with Crippen LogP contribution in [-0.4, -0.2) is 32.4 Å². The predicted octanol–water partition coefficient (Wildman–Crippen LogP) is 1.65. The van der Waals surface area contributed by atoms with Crippen LogP contribution in [0.25, 0.3) is 10.8 Å². The first-order valence-electron chi connectivity index (χ1n) is 4.87. The van der Waals surface area contributed by atoms with Crippen molar-refractivity contribution < 1.29 is 30.0 Å². The number of aromatic hydroxyl groups is 2. The quantitative estimate of drug-likeness (QED) is 0.642. The Bertz CT molecular complexity index is 619. The maximum absolute atomic E-state index is 11.1. The number of phenols is 2. The van der Waals surface area contributed by atoms with E-state index in [1.807, 2.05) is 0 Å². The predicted molar refractivity (Wildman–Crippen MR) is 61.2 cm³/mol. The second-order valence-electron chi connectivity index (χ2n) is 3.63. The number of carboxylic acid groups (broad SMARTS) is 2. The van der Waals surface area contributed by atoms with Crippen molar-refractivity contribution in [3.63, 3.8) is 0 Å². The molecule has 0 heterocycles. The minimum Gasteiger partial charge on any atom is -0.507 e. The van der Waals surface area contributed by atoms with Crippen molar-refractivity contribution in [2.45, 2.75) is 0 Å². The summed E-state index contributed by atoms with van der Waals surface area (Å²) in [5.74, 6) is -4.04. The van der Waals surface area contributed by atoms with Gasteiger partial charge in [0.15, 0.2) is 0 Å². The molecule has 0 radical (unpaired) electrons. The minimum atomic E-state index is -1.47. The molecule has 0 aliphatic rings. The first kappa shape index (κ1) is 11.7. The summed E-state index contributed by atoms with van der Waals surface area (Å²) in [7, 11) is 0. The van der Waals surface area contributed by atoms with Crippen molar-refractivity contribution in [1.82, 2.24) is 0 Å². The van der Waals surface area contributed by atoms with Gasteiger partial charge < -0.3 is 20.4 Å². The Balaban J connectivity index is 3.06. The van der Waals surface area contributed by atoms with E-state index >= 15 is 0 Å². The zero-order valence-corrected chi connectivity index (χ0v) is 8.91. The Morgan fingerprint density at radius 3 is 1.50 bits per heavy atom. The summed E-state index contributed by atoms with van der Waals surface area (Å²) < 4.78 is 0. The lowest BCUT2D eigenvalue weighted by atomic mass is 9.97. The second kappa shape index (κ2) is 3.92. The van der Waals surface area contributed by atoms with Gasteiger partial charge >= 0.3 is 11.9 Å². The van der Waals surface area contributed by atoms with E-state index in [1.165, 1.54) is 12.1 Å². The van der Waals surface area contributed by atoms with Gasteiger partial charge in [0.05, 0.1) is 0 Å². The Hall–Kier alpha value is -2.76. The van der Waals surface area contributed by atoms with E-state index in [-0.39, 0.29) is 5.39 Å². The van der Waals surface area contributed by atoms with Crippen LogP contribution in [-0.2, 0) is 0 Å². The molecule has 6 heteroatoms. The molecule has 0 amide bonds. The molecular weight excluding hydrogens is 240 g/mol. The molecule has 4 N–H and O–H groups in total. The highest BCUT2D eigenvalue weighted by Gasteiger charge is 2.22. The van der Waals surface area contributed by atoms with Crippen LogP contribution in [0.4, 0.5) is 0 Å². The zero-order valence-electron chi connectivity index (χ0n) is 8.91. The maximum atomic E-state index is 11.1. The fourth-order valence-corrected chi connectivity index (χ4v) is 1.83. The third-order valence-electron chi connectivity index (χ3n) is 2.57. The van der Waals surface area contributed by atoms with Gasteiger partial charge in [-0.3, -0.25) is 0 Å². The summed E-state index contributed by atoms with van der Waals surface area (Å²) in [5.41, 5.74) is -1.08. The van der Waals surface area contributed by atoms with E-state index in [4.69, 9.17) is 10.2 Å². The molecule has 0 unspecified atom stereocenters. The molecule has 0 saturated heterocycles. The average Bonchev–Trinajstić information content (AvgIpc) is 2.27. The summed E-state index contributed by atoms with van der Waals surface area (Å²) in [6.45, 7) is 0. The lowest BCUT2D eigenvalue weighted by molar-refractivity contribution is 0.0692. The lowest BCUT2D eigenvalue weighted by Crippen LogP contribution is -2.05. The first-order valence-corrected chi connectivity index (χ1v) is 4.87. The van der Waals surface area contributed by atoms with Crippen LogP contribution in [0.15, 0.2) is 24.3 Å². The van der Waals surface area contributed by atoms with Crippen LogP contribution in [0.5, 0.6) is 11.5 Å². The second-order valence-corrected chi connectivity index (χ2v) is 3.63. The monoisotopic (exact) mass is 248 g/mol. The lowest BCUT2D eigenvalue weighted by Gasteiger charge is -2.09. The molecule has 2 aromatic carbocycles. The van der Waals surface area contributed by atoms with Crippen molar-refractivity contribution >= 4 is 22.7 Å². The van der Waals surface area contributed by atoms with Gasteiger partial charge in [0.25, 0.3) is 0 Å².